The molecule has 124 valence electrons. The second kappa shape index (κ2) is 9.77. The van der Waals surface area contributed by atoms with Crippen molar-refractivity contribution < 1.29 is 14.7 Å². The Hall–Kier alpha value is -1.10. The van der Waals surface area contributed by atoms with Gasteiger partial charge in [0, 0.05) is 19.5 Å². The smallest absolute Gasteiger partial charge is 0.303 e. The molecule has 0 saturated carbocycles. The van der Waals surface area contributed by atoms with E-state index in [2.05, 4.69) is 33.0 Å². The summed E-state index contributed by atoms with van der Waals surface area (Å²) in [4.78, 5) is 22.7. The highest BCUT2D eigenvalue weighted by Gasteiger charge is 2.23. The highest BCUT2D eigenvalue weighted by molar-refractivity contribution is 5.78. The summed E-state index contributed by atoms with van der Waals surface area (Å²) in [5.41, 5.74) is 5.77. The van der Waals surface area contributed by atoms with Crippen molar-refractivity contribution in [3.05, 3.63) is 0 Å². The predicted octanol–water partition coefficient (Wildman–Crippen LogP) is 2.39. The first-order valence-electron chi connectivity index (χ1n) is 7.89. The zero-order valence-corrected chi connectivity index (χ0v) is 13.9. The number of hydrogen-bond donors (Lipinski definition) is 3. The van der Waals surface area contributed by atoms with Gasteiger partial charge in [-0.15, -0.1) is 0 Å². The van der Waals surface area contributed by atoms with E-state index in [0.717, 1.165) is 19.3 Å². The van der Waals surface area contributed by atoms with Gasteiger partial charge in [0.25, 0.3) is 0 Å². The summed E-state index contributed by atoms with van der Waals surface area (Å²) in [6, 6.07) is 0. The van der Waals surface area contributed by atoms with Crippen molar-refractivity contribution in [2.75, 3.05) is 13.1 Å². The molecule has 0 rings (SSSR count). The maximum atomic E-state index is 12.1. The van der Waals surface area contributed by atoms with Crippen LogP contribution < -0.4 is 11.1 Å². The summed E-state index contributed by atoms with van der Waals surface area (Å²) in [5.74, 6) is -0.546. The van der Waals surface area contributed by atoms with Crippen molar-refractivity contribution in [1.29, 1.82) is 0 Å². The number of carboxylic acids is 1. The number of carbonyl (C=O) groups is 2. The Morgan fingerprint density at radius 3 is 2.29 bits per heavy atom. The Labute approximate surface area is 128 Å². The van der Waals surface area contributed by atoms with E-state index in [1.54, 1.807) is 0 Å². The van der Waals surface area contributed by atoms with Crippen molar-refractivity contribution in [1.82, 2.24) is 5.32 Å². The molecule has 1 amide bonds. The van der Waals surface area contributed by atoms with Crippen molar-refractivity contribution >= 4 is 11.9 Å². The van der Waals surface area contributed by atoms with Gasteiger partial charge >= 0.3 is 5.97 Å². The van der Waals surface area contributed by atoms with E-state index >= 15 is 0 Å². The van der Waals surface area contributed by atoms with Gasteiger partial charge in [-0.1, -0.05) is 34.1 Å². The molecule has 0 aromatic heterocycles. The molecule has 0 saturated heterocycles. The lowest BCUT2D eigenvalue weighted by molar-refractivity contribution is -0.137. The molecule has 0 bridgehead atoms. The van der Waals surface area contributed by atoms with Gasteiger partial charge in [0.1, 0.15) is 0 Å². The van der Waals surface area contributed by atoms with Crippen LogP contribution >= 0.6 is 0 Å². The zero-order chi connectivity index (χ0) is 16.5. The van der Waals surface area contributed by atoms with Crippen LogP contribution in [0.15, 0.2) is 0 Å². The molecule has 2 unspecified atom stereocenters. The number of carbonyl (C=O) groups excluding carboxylic acids is 1. The van der Waals surface area contributed by atoms with Gasteiger partial charge in [-0.3, -0.25) is 9.59 Å². The minimum absolute atomic E-state index is 0.0144. The van der Waals surface area contributed by atoms with E-state index < -0.39 is 5.97 Å². The largest absolute Gasteiger partial charge is 0.481 e. The Bertz CT molecular complexity index is 324. The average Bonchev–Trinajstić information content (AvgIpc) is 2.38. The van der Waals surface area contributed by atoms with Gasteiger partial charge in [-0.25, -0.2) is 0 Å². The molecule has 0 spiro atoms. The highest BCUT2D eigenvalue weighted by atomic mass is 16.4. The Balaban J connectivity index is 4.12. The van der Waals surface area contributed by atoms with E-state index in [-0.39, 0.29) is 23.7 Å². The first-order chi connectivity index (χ1) is 9.69. The van der Waals surface area contributed by atoms with E-state index in [9.17, 15) is 9.59 Å². The molecule has 2 atom stereocenters. The lowest BCUT2D eigenvalue weighted by atomic mass is 9.84. The van der Waals surface area contributed by atoms with E-state index in [4.69, 9.17) is 10.8 Å². The van der Waals surface area contributed by atoms with Gasteiger partial charge in [-0.05, 0) is 30.6 Å². The minimum Gasteiger partial charge on any atom is -0.481 e. The van der Waals surface area contributed by atoms with Gasteiger partial charge in [-0.2, -0.15) is 0 Å². The van der Waals surface area contributed by atoms with Gasteiger partial charge < -0.3 is 16.2 Å². The third-order valence-electron chi connectivity index (χ3n) is 3.71. The number of hydrogen-bond acceptors (Lipinski definition) is 3. The van der Waals surface area contributed by atoms with Crippen molar-refractivity contribution in [2.45, 2.75) is 59.8 Å². The Morgan fingerprint density at radius 2 is 1.86 bits per heavy atom. The molecule has 5 nitrogen and oxygen atoms in total. The monoisotopic (exact) mass is 300 g/mol. The van der Waals surface area contributed by atoms with Crippen LogP contribution in [-0.2, 0) is 9.59 Å². The fourth-order valence-corrected chi connectivity index (χ4v) is 2.45. The molecule has 0 fully saturated rings. The van der Waals surface area contributed by atoms with Gasteiger partial charge in [0.2, 0.25) is 5.91 Å². The van der Waals surface area contributed by atoms with Crippen LogP contribution in [0.5, 0.6) is 0 Å². The summed E-state index contributed by atoms with van der Waals surface area (Å²) in [6.45, 7) is 9.30. The van der Waals surface area contributed by atoms with Crippen molar-refractivity contribution in [2.24, 2.45) is 23.0 Å². The maximum Gasteiger partial charge on any atom is 0.303 e. The highest BCUT2D eigenvalue weighted by Crippen LogP contribution is 2.24. The molecular formula is C16H32N2O3. The number of carboxylic acid groups (broad SMARTS) is 1. The van der Waals surface area contributed by atoms with Crippen LogP contribution in [0.1, 0.15) is 59.8 Å². The molecule has 0 radical (unpaired) electrons. The topological polar surface area (TPSA) is 92.4 Å². The first kappa shape index (κ1) is 19.9. The summed E-state index contributed by atoms with van der Waals surface area (Å²) in [5, 5.41) is 11.6. The molecule has 0 heterocycles. The van der Waals surface area contributed by atoms with E-state index in [1.807, 2.05) is 0 Å². The number of amides is 1. The lowest BCUT2D eigenvalue weighted by Crippen LogP contribution is -2.38. The standard InChI is InChI=1S/C16H32N2O3/c1-5-12(6-7-14(19)20)8-9-18-15(21)13(11-17)10-16(2,3)4/h12-13H,5-11,17H2,1-4H3,(H,18,21)(H,19,20). The summed E-state index contributed by atoms with van der Waals surface area (Å²) >= 11 is 0. The predicted molar refractivity (Wildman–Crippen MR) is 84.9 cm³/mol. The number of nitrogens with two attached hydrogens (primary N) is 1. The minimum atomic E-state index is -0.758. The second-order valence-corrected chi connectivity index (χ2v) is 6.98. The van der Waals surface area contributed by atoms with Crippen LogP contribution in [0.2, 0.25) is 0 Å². The third-order valence-corrected chi connectivity index (χ3v) is 3.71. The molecule has 0 aliphatic carbocycles. The van der Waals surface area contributed by atoms with Crippen LogP contribution in [-0.4, -0.2) is 30.1 Å². The molecule has 0 aromatic rings. The second-order valence-electron chi connectivity index (χ2n) is 6.98. The van der Waals surface area contributed by atoms with E-state index in [0.29, 0.717) is 25.4 Å². The quantitative estimate of drug-likeness (QED) is 0.577. The summed E-state index contributed by atoms with van der Waals surface area (Å²) in [6.07, 6.45) is 3.39. The molecule has 21 heavy (non-hydrogen) atoms. The fourth-order valence-electron chi connectivity index (χ4n) is 2.45. The number of aliphatic carboxylic acids is 1. The number of rotatable bonds is 10. The van der Waals surface area contributed by atoms with Crippen molar-refractivity contribution in [3.63, 3.8) is 0 Å². The van der Waals surface area contributed by atoms with Crippen LogP contribution in [0.25, 0.3) is 0 Å². The molecule has 0 aliphatic heterocycles. The van der Waals surface area contributed by atoms with Crippen LogP contribution in [0.4, 0.5) is 0 Å². The SMILES string of the molecule is CCC(CCNC(=O)C(CN)CC(C)(C)C)CCC(=O)O. The molecule has 4 N–H and O–H groups in total. The lowest BCUT2D eigenvalue weighted by Gasteiger charge is -2.24. The van der Waals surface area contributed by atoms with E-state index in [1.165, 1.54) is 0 Å². The molecular weight excluding hydrogens is 268 g/mol. The molecule has 5 heteroatoms. The normalized spacial score (nSPS) is 14.5. The third kappa shape index (κ3) is 10.3. The van der Waals surface area contributed by atoms with Gasteiger partial charge in [0.15, 0.2) is 0 Å². The first-order valence-corrected chi connectivity index (χ1v) is 7.89. The van der Waals surface area contributed by atoms with Crippen LogP contribution in [0, 0.1) is 17.3 Å². The summed E-state index contributed by atoms with van der Waals surface area (Å²) < 4.78 is 0. The zero-order valence-electron chi connectivity index (χ0n) is 13.9. The van der Waals surface area contributed by atoms with Gasteiger partial charge in [0.05, 0.1) is 5.92 Å². The van der Waals surface area contributed by atoms with Crippen molar-refractivity contribution in [3.8, 4) is 0 Å². The Kier molecular flexibility index (Phi) is 9.26. The Morgan fingerprint density at radius 1 is 1.24 bits per heavy atom. The fraction of sp³-hybridized carbons (Fsp3) is 0.875. The number of nitrogens with one attached hydrogen (secondary N) is 1. The molecule has 0 aliphatic rings. The molecule has 0 aromatic carbocycles. The summed E-state index contributed by atoms with van der Waals surface area (Å²) in [7, 11) is 0. The average molecular weight is 300 g/mol. The van der Waals surface area contributed by atoms with Crippen LogP contribution in [0.3, 0.4) is 0 Å². The maximum absolute atomic E-state index is 12.1.